The smallest absolute Gasteiger partial charge is 0.314 e. The van der Waals surface area contributed by atoms with Gasteiger partial charge in [-0.3, -0.25) is 10.0 Å². The molecule has 0 aliphatic heterocycles. The quantitative estimate of drug-likeness (QED) is 0.281. The summed E-state index contributed by atoms with van der Waals surface area (Å²) >= 11 is 0. The van der Waals surface area contributed by atoms with E-state index in [-0.39, 0.29) is 13.0 Å². The molecule has 7 nitrogen and oxygen atoms in total. The van der Waals surface area contributed by atoms with Crippen molar-refractivity contribution >= 4 is 11.9 Å². The summed E-state index contributed by atoms with van der Waals surface area (Å²) in [5, 5.41) is 23.2. The van der Waals surface area contributed by atoms with Gasteiger partial charge in [0.1, 0.15) is 0 Å². The van der Waals surface area contributed by atoms with Crippen molar-refractivity contribution < 1.29 is 19.9 Å². The van der Waals surface area contributed by atoms with Crippen molar-refractivity contribution in [1.29, 1.82) is 0 Å². The topological polar surface area (TPSA) is 111 Å². The van der Waals surface area contributed by atoms with Crippen LogP contribution in [-0.2, 0) is 4.79 Å². The molecule has 0 fully saturated rings. The van der Waals surface area contributed by atoms with Gasteiger partial charge in [-0.1, -0.05) is 30.3 Å². The zero-order valence-corrected chi connectivity index (χ0v) is 11.0. The molecule has 0 radical (unpaired) electrons. The highest BCUT2D eigenvalue weighted by Crippen LogP contribution is 2.10. The number of amides is 3. The number of hydroxylamine groups is 1. The van der Waals surface area contributed by atoms with Crippen molar-refractivity contribution in [2.45, 2.75) is 18.9 Å². The molecular weight excluding hydrogens is 262 g/mol. The van der Waals surface area contributed by atoms with E-state index < -0.39 is 18.0 Å². The molecule has 1 rings (SSSR count). The van der Waals surface area contributed by atoms with Crippen LogP contribution in [0.5, 0.6) is 0 Å². The van der Waals surface area contributed by atoms with Crippen LogP contribution in [0.4, 0.5) is 4.79 Å². The maximum Gasteiger partial charge on any atom is 0.314 e. The van der Waals surface area contributed by atoms with Gasteiger partial charge in [0.2, 0.25) is 5.91 Å². The second-order valence-electron chi connectivity index (χ2n) is 4.20. The zero-order chi connectivity index (χ0) is 14.8. The van der Waals surface area contributed by atoms with Crippen molar-refractivity contribution in [2.24, 2.45) is 0 Å². The van der Waals surface area contributed by atoms with Crippen molar-refractivity contribution in [3.05, 3.63) is 35.9 Å². The van der Waals surface area contributed by atoms with Gasteiger partial charge >= 0.3 is 6.03 Å². The van der Waals surface area contributed by atoms with Crippen LogP contribution >= 0.6 is 0 Å². The Bertz CT molecular complexity index is 425. The van der Waals surface area contributed by atoms with E-state index in [1.165, 1.54) is 5.48 Å². The van der Waals surface area contributed by atoms with Crippen molar-refractivity contribution in [3.63, 3.8) is 0 Å². The molecule has 1 atom stereocenters. The van der Waals surface area contributed by atoms with Gasteiger partial charge in [-0.15, -0.1) is 0 Å². The van der Waals surface area contributed by atoms with Crippen molar-refractivity contribution in [3.8, 4) is 0 Å². The zero-order valence-electron chi connectivity index (χ0n) is 11.0. The van der Waals surface area contributed by atoms with Crippen LogP contribution in [-0.4, -0.2) is 35.3 Å². The first-order valence-electron chi connectivity index (χ1n) is 6.31. The summed E-state index contributed by atoms with van der Waals surface area (Å²) in [6.45, 7) is 0.410. The molecule has 110 valence electrons. The molecule has 0 spiro atoms. The van der Waals surface area contributed by atoms with E-state index >= 15 is 0 Å². The van der Waals surface area contributed by atoms with Gasteiger partial charge in [-0.05, 0) is 12.0 Å². The molecule has 20 heavy (non-hydrogen) atoms. The Hall–Kier alpha value is -2.12. The lowest BCUT2D eigenvalue weighted by Crippen LogP contribution is -2.38. The number of hydrogen-bond acceptors (Lipinski definition) is 4. The number of aliphatic hydroxyl groups excluding tert-OH is 1. The summed E-state index contributed by atoms with van der Waals surface area (Å²) < 4.78 is 0. The maximum atomic E-state index is 11.4. The van der Waals surface area contributed by atoms with Crippen LogP contribution < -0.4 is 16.1 Å². The van der Waals surface area contributed by atoms with Gasteiger partial charge in [0, 0.05) is 19.5 Å². The molecule has 1 unspecified atom stereocenters. The second kappa shape index (κ2) is 8.89. The number of aliphatic hydroxyl groups is 1. The summed E-state index contributed by atoms with van der Waals surface area (Å²) in [6, 6.07) is 8.61. The van der Waals surface area contributed by atoms with Crippen LogP contribution in [0.1, 0.15) is 24.5 Å². The molecular formula is C13H19N3O4. The van der Waals surface area contributed by atoms with Crippen LogP contribution in [0.3, 0.4) is 0 Å². The largest absolute Gasteiger partial charge is 0.387 e. The molecule has 0 saturated carbocycles. The first-order chi connectivity index (χ1) is 9.63. The number of carbonyl (C=O) groups excluding carboxylic acids is 2. The molecule has 0 aromatic heterocycles. The Morgan fingerprint density at radius 1 is 1.15 bits per heavy atom. The van der Waals surface area contributed by atoms with Gasteiger partial charge in [0.05, 0.1) is 6.10 Å². The highest BCUT2D eigenvalue weighted by Gasteiger charge is 2.08. The number of rotatable bonds is 7. The first-order valence-corrected chi connectivity index (χ1v) is 6.31. The minimum atomic E-state index is -0.762. The van der Waals surface area contributed by atoms with Gasteiger partial charge in [-0.25, -0.2) is 10.3 Å². The second-order valence-corrected chi connectivity index (χ2v) is 4.20. The number of carbonyl (C=O) groups is 2. The molecule has 0 saturated heterocycles. The standard InChI is InChI=1S/C13H19N3O4/c17-11(10-5-2-1-3-6-10)9-15-13(19)14-8-4-7-12(18)16-20/h1-3,5-6,11,17,20H,4,7-9H2,(H,16,18)(H2,14,15,19). The summed E-state index contributed by atoms with van der Waals surface area (Å²) in [5.74, 6) is -0.494. The SMILES string of the molecule is O=C(CCCNC(=O)NCC(O)c1ccccc1)NO. The molecule has 1 aromatic rings. The van der Waals surface area contributed by atoms with Crippen LogP contribution in [0, 0.1) is 0 Å². The lowest BCUT2D eigenvalue weighted by Gasteiger charge is -2.12. The fraction of sp³-hybridized carbons (Fsp3) is 0.385. The van der Waals surface area contributed by atoms with E-state index in [1.807, 2.05) is 18.2 Å². The molecule has 0 aliphatic rings. The third-order valence-corrected chi connectivity index (χ3v) is 2.63. The van der Waals surface area contributed by atoms with E-state index in [4.69, 9.17) is 5.21 Å². The Balaban J connectivity index is 2.15. The monoisotopic (exact) mass is 281 g/mol. The molecule has 0 aliphatic carbocycles. The van der Waals surface area contributed by atoms with Gasteiger partial charge in [-0.2, -0.15) is 0 Å². The Morgan fingerprint density at radius 2 is 1.85 bits per heavy atom. The summed E-state index contributed by atoms with van der Waals surface area (Å²) in [6.07, 6.45) is -0.216. The normalized spacial score (nSPS) is 11.5. The van der Waals surface area contributed by atoms with Gasteiger partial charge in [0.15, 0.2) is 0 Å². The van der Waals surface area contributed by atoms with Crippen LogP contribution in [0.15, 0.2) is 30.3 Å². The predicted molar refractivity (Wildman–Crippen MR) is 72.0 cm³/mol. The van der Waals surface area contributed by atoms with E-state index in [0.717, 1.165) is 5.56 Å². The van der Waals surface area contributed by atoms with Crippen molar-refractivity contribution in [2.75, 3.05) is 13.1 Å². The molecule has 5 N–H and O–H groups in total. The summed E-state index contributed by atoms with van der Waals surface area (Å²) in [4.78, 5) is 22.1. The number of nitrogens with one attached hydrogen (secondary N) is 3. The van der Waals surface area contributed by atoms with Crippen molar-refractivity contribution in [1.82, 2.24) is 16.1 Å². The maximum absolute atomic E-state index is 11.4. The average Bonchev–Trinajstić information content (AvgIpc) is 2.49. The van der Waals surface area contributed by atoms with Gasteiger partial charge in [0.25, 0.3) is 0 Å². The molecule has 0 heterocycles. The fourth-order valence-corrected chi connectivity index (χ4v) is 1.55. The van der Waals surface area contributed by atoms with E-state index in [0.29, 0.717) is 13.0 Å². The lowest BCUT2D eigenvalue weighted by atomic mass is 10.1. The number of hydrogen-bond donors (Lipinski definition) is 5. The van der Waals surface area contributed by atoms with E-state index in [1.54, 1.807) is 12.1 Å². The predicted octanol–water partition coefficient (Wildman–Crippen LogP) is 0.305. The average molecular weight is 281 g/mol. The Morgan fingerprint density at radius 3 is 2.50 bits per heavy atom. The first kappa shape index (κ1) is 15.9. The van der Waals surface area contributed by atoms with E-state index in [9.17, 15) is 14.7 Å². The van der Waals surface area contributed by atoms with Crippen LogP contribution in [0.25, 0.3) is 0 Å². The van der Waals surface area contributed by atoms with E-state index in [2.05, 4.69) is 10.6 Å². The molecule has 0 bridgehead atoms. The fourth-order valence-electron chi connectivity index (χ4n) is 1.55. The van der Waals surface area contributed by atoms with Gasteiger partial charge < -0.3 is 15.7 Å². The Labute approximate surface area is 117 Å². The van der Waals surface area contributed by atoms with Crippen LogP contribution in [0.2, 0.25) is 0 Å². The third-order valence-electron chi connectivity index (χ3n) is 2.63. The number of benzene rings is 1. The minimum Gasteiger partial charge on any atom is -0.387 e. The highest BCUT2D eigenvalue weighted by atomic mass is 16.5. The number of urea groups is 1. The Kier molecular flexibility index (Phi) is 7.08. The highest BCUT2D eigenvalue weighted by molar-refractivity contribution is 5.75. The molecule has 7 heteroatoms. The third kappa shape index (κ3) is 6.17. The molecule has 3 amide bonds. The summed E-state index contributed by atoms with van der Waals surface area (Å²) in [5.41, 5.74) is 2.24. The summed E-state index contributed by atoms with van der Waals surface area (Å²) in [7, 11) is 0. The lowest BCUT2D eigenvalue weighted by molar-refractivity contribution is -0.129. The molecule has 1 aromatic carbocycles. The minimum absolute atomic E-state index is 0.104.